The van der Waals surface area contributed by atoms with E-state index in [1.165, 1.54) is 17.3 Å². The summed E-state index contributed by atoms with van der Waals surface area (Å²) in [5, 5.41) is 3.38. The first-order valence-corrected chi connectivity index (χ1v) is 6.99. The van der Waals surface area contributed by atoms with E-state index in [4.69, 9.17) is 0 Å². The molecule has 3 nitrogen and oxygen atoms in total. The van der Waals surface area contributed by atoms with Crippen molar-refractivity contribution in [2.24, 2.45) is 4.99 Å². The molecule has 1 aliphatic rings. The third-order valence-corrected chi connectivity index (χ3v) is 3.65. The van der Waals surface area contributed by atoms with E-state index in [-0.39, 0.29) is 5.91 Å². The fourth-order valence-corrected chi connectivity index (χ4v) is 2.48. The van der Waals surface area contributed by atoms with Gasteiger partial charge in [-0.05, 0) is 35.4 Å². The number of carbonyl (C=O) groups is 1. The molecule has 1 fully saturated rings. The Morgan fingerprint density at radius 2 is 2.11 bits per heavy atom. The average Bonchev–Trinajstić information content (AvgIpc) is 2.78. The van der Waals surface area contributed by atoms with Crippen LogP contribution in [-0.2, 0) is 11.2 Å². The summed E-state index contributed by atoms with van der Waals surface area (Å²) in [5.41, 5.74) is 2.32. The molecule has 0 aromatic heterocycles. The Morgan fingerprint density at radius 3 is 2.74 bits per heavy atom. The first-order valence-electron chi connectivity index (χ1n) is 6.18. The van der Waals surface area contributed by atoms with Crippen molar-refractivity contribution in [2.75, 3.05) is 6.54 Å². The summed E-state index contributed by atoms with van der Waals surface area (Å²) >= 11 is 1.37. The fraction of sp³-hybridized carbons (Fsp3) is 0.200. The van der Waals surface area contributed by atoms with Gasteiger partial charge in [0.15, 0.2) is 5.17 Å². The lowest BCUT2D eigenvalue weighted by atomic mass is 10.1. The van der Waals surface area contributed by atoms with Crippen LogP contribution in [-0.4, -0.2) is 17.6 Å². The van der Waals surface area contributed by atoms with Gasteiger partial charge in [0.05, 0.1) is 11.4 Å². The average molecular weight is 272 g/mol. The zero-order valence-corrected chi connectivity index (χ0v) is 11.7. The van der Waals surface area contributed by atoms with Crippen LogP contribution in [0.15, 0.2) is 46.8 Å². The summed E-state index contributed by atoms with van der Waals surface area (Å²) < 4.78 is 0. The van der Waals surface area contributed by atoms with Crippen LogP contribution < -0.4 is 5.32 Å². The van der Waals surface area contributed by atoms with E-state index in [2.05, 4.69) is 35.9 Å². The number of hydrogen-bond donors (Lipinski definition) is 1. The minimum atomic E-state index is -0.0904. The zero-order valence-electron chi connectivity index (χ0n) is 10.8. The SMILES string of the molecule is C=CCN=C1NC(=O)/C(=C/c2ccc(CC)cc2)S1. The van der Waals surface area contributed by atoms with E-state index < -0.39 is 0 Å². The largest absolute Gasteiger partial charge is 0.301 e. The van der Waals surface area contributed by atoms with Crippen molar-refractivity contribution in [1.82, 2.24) is 5.32 Å². The van der Waals surface area contributed by atoms with E-state index in [0.717, 1.165) is 12.0 Å². The van der Waals surface area contributed by atoms with Crippen molar-refractivity contribution in [1.29, 1.82) is 0 Å². The van der Waals surface area contributed by atoms with Gasteiger partial charge in [-0.15, -0.1) is 6.58 Å². The molecule has 1 aromatic carbocycles. The number of thioether (sulfide) groups is 1. The van der Waals surface area contributed by atoms with Gasteiger partial charge in [0.25, 0.3) is 5.91 Å². The van der Waals surface area contributed by atoms with E-state index in [9.17, 15) is 4.79 Å². The topological polar surface area (TPSA) is 41.5 Å². The predicted molar refractivity (Wildman–Crippen MR) is 82.0 cm³/mol. The van der Waals surface area contributed by atoms with Gasteiger partial charge < -0.3 is 5.32 Å². The molecule has 19 heavy (non-hydrogen) atoms. The normalized spacial score (nSPS) is 18.9. The van der Waals surface area contributed by atoms with Gasteiger partial charge >= 0.3 is 0 Å². The molecule has 0 unspecified atom stereocenters. The van der Waals surface area contributed by atoms with Gasteiger partial charge in [-0.2, -0.15) is 0 Å². The monoisotopic (exact) mass is 272 g/mol. The first-order chi connectivity index (χ1) is 9.22. The number of benzene rings is 1. The molecule has 0 aliphatic carbocycles. The van der Waals surface area contributed by atoms with Crippen LogP contribution in [0.2, 0.25) is 0 Å². The fourth-order valence-electron chi connectivity index (χ4n) is 1.65. The second-order valence-corrected chi connectivity index (χ2v) is 5.13. The Labute approximate surface area is 117 Å². The number of rotatable bonds is 4. The lowest BCUT2D eigenvalue weighted by Crippen LogP contribution is -2.19. The Morgan fingerprint density at radius 1 is 1.37 bits per heavy atom. The Kier molecular flexibility index (Phi) is 4.58. The third kappa shape index (κ3) is 3.58. The van der Waals surface area contributed by atoms with E-state index in [1.54, 1.807) is 6.08 Å². The number of amides is 1. The Bertz CT molecular complexity index is 544. The molecule has 1 N–H and O–H groups in total. The standard InChI is InChI=1S/C15H16N2OS/c1-3-9-16-15-17-14(18)13(19-15)10-12-7-5-11(4-2)6-8-12/h3,5-8,10H,1,4,9H2,2H3,(H,16,17,18)/b13-10-. The van der Waals surface area contributed by atoms with Gasteiger partial charge in [0, 0.05) is 0 Å². The minimum Gasteiger partial charge on any atom is -0.301 e. The second-order valence-electron chi connectivity index (χ2n) is 4.09. The smallest absolute Gasteiger partial charge is 0.264 e. The number of hydrogen-bond acceptors (Lipinski definition) is 3. The quantitative estimate of drug-likeness (QED) is 0.676. The van der Waals surface area contributed by atoms with Crippen molar-refractivity contribution >= 4 is 28.9 Å². The molecule has 1 aliphatic heterocycles. The molecule has 0 bridgehead atoms. The maximum absolute atomic E-state index is 11.8. The summed E-state index contributed by atoms with van der Waals surface area (Å²) in [6, 6.07) is 8.21. The first kappa shape index (κ1) is 13.6. The highest BCUT2D eigenvalue weighted by Gasteiger charge is 2.23. The molecular formula is C15H16N2OS. The molecule has 1 aromatic rings. The highest BCUT2D eigenvalue weighted by atomic mass is 32.2. The zero-order chi connectivity index (χ0) is 13.7. The minimum absolute atomic E-state index is 0.0904. The van der Waals surface area contributed by atoms with Crippen molar-refractivity contribution in [3.63, 3.8) is 0 Å². The molecule has 98 valence electrons. The van der Waals surface area contributed by atoms with Crippen LogP contribution in [0.25, 0.3) is 6.08 Å². The van der Waals surface area contributed by atoms with Crippen LogP contribution in [0.3, 0.4) is 0 Å². The summed E-state index contributed by atoms with van der Waals surface area (Å²) in [5.74, 6) is -0.0904. The number of aryl methyl sites for hydroxylation is 1. The van der Waals surface area contributed by atoms with Crippen LogP contribution in [0, 0.1) is 0 Å². The highest BCUT2D eigenvalue weighted by Crippen LogP contribution is 2.25. The molecule has 1 amide bonds. The molecule has 0 radical (unpaired) electrons. The molecule has 0 atom stereocenters. The van der Waals surface area contributed by atoms with Crippen LogP contribution in [0.5, 0.6) is 0 Å². The van der Waals surface area contributed by atoms with Gasteiger partial charge in [0.2, 0.25) is 0 Å². The lowest BCUT2D eigenvalue weighted by Gasteiger charge is -1.98. The van der Waals surface area contributed by atoms with Gasteiger partial charge in [-0.25, -0.2) is 0 Å². The molecule has 2 rings (SSSR count). The Hall–Kier alpha value is -1.81. The van der Waals surface area contributed by atoms with Crippen molar-refractivity contribution in [2.45, 2.75) is 13.3 Å². The van der Waals surface area contributed by atoms with Crippen LogP contribution in [0.1, 0.15) is 18.1 Å². The van der Waals surface area contributed by atoms with Crippen molar-refractivity contribution in [3.8, 4) is 0 Å². The number of nitrogens with one attached hydrogen (secondary N) is 1. The number of nitrogens with zero attached hydrogens (tertiary/aromatic N) is 1. The number of aliphatic imine (C=N–C) groups is 1. The third-order valence-electron chi connectivity index (χ3n) is 2.70. The summed E-state index contributed by atoms with van der Waals surface area (Å²) in [4.78, 5) is 16.6. The van der Waals surface area contributed by atoms with Crippen LogP contribution >= 0.6 is 11.8 Å². The molecule has 0 saturated carbocycles. The van der Waals surface area contributed by atoms with Gasteiger partial charge in [-0.3, -0.25) is 9.79 Å². The molecule has 4 heteroatoms. The van der Waals surface area contributed by atoms with Crippen molar-refractivity contribution < 1.29 is 4.79 Å². The highest BCUT2D eigenvalue weighted by molar-refractivity contribution is 8.18. The summed E-state index contributed by atoms with van der Waals surface area (Å²) in [7, 11) is 0. The predicted octanol–water partition coefficient (Wildman–Crippen LogP) is 2.99. The van der Waals surface area contributed by atoms with Crippen LogP contribution in [0.4, 0.5) is 0 Å². The molecule has 1 saturated heterocycles. The van der Waals surface area contributed by atoms with Crippen molar-refractivity contribution in [3.05, 3.63) is 53.0 Å². The number of carbonyl (C=O) groups excluding carboxylic acids is 1. The Balaban J connectivity index is 2.14. The maximum atomic E-state index is 11.8. The van der Waals surface area contributed by atoms with Gasteiger partial charge in [-0.1, -0.05) is 37.3 Å². The molecule has 0 spiro atoms. The number of amidine groups is 1. The second kappa shape index (κ2) is 6.38. The summed E-state index contributed by atoms with van der Waals surface area (Å²) in [6.45, 7) is 6.24. The lowest BCUT2D eigenvalue weighted by molar-refractivity contribution is -0.115. The van der Waals surface area contributed by atoms with E-state index in [1.807, 2.05) is 18.2 Å². The maximum Gasteiger partial charge on any atom is 0.264 e. The molecule has 1 heterocycles. The van der Waals surface area contributed by atoms with E-state index >= 15 is 0 Å². The van der Waals surface area contributed by atoms with E-state index in [0.29, 0.717) is 16.6 Å². The van der Waals surface area contributed by atoms with Gasteiger partial charge in [0.1, 0.15) is 0 Å². The summed E-state index contributed by atoms with van der Waals surface area (Å²) in [6.07, 6.45) is 4.60. The molecular weight excluding hydrogens is 256 g/mol.